The van der Waals surface area contributed by atoms with Crippen LogP contribution in [0.5, 0.6) is 0 Å². The predicted molar refractivity (Wildman–Crippen MR) is 70.7 cm³/mol. The smallest absolute Gasteiger partial charge is 0.150 e. The quantitative estimate of drug-likeness (QED) is 0.927. The van der Waals surface area contributed by atoms with Gasteiger partial charge in [-0.1, -0.05) is 28.1 Å². The van der Waals surface area contributed by atoms with Gasteiger partial charge in [-0.25, -0.2) is 8.42 Å². The molecular formula is C12H15BrO3S. The molecular weight excluding hydrogens is 304 g/mol. The lowest BCUT2D eigenvalue weighted by Gasteiger charge is -2.20. The topological polar surface area (TPSA) is 54.4 Å². The average Bonchev–Trinajstić information content (AvgIpc) is 2.60. The lowest BCUT2D eigenvalue weighted by Crippen LogP contribution is -2.18. The maximum atomic E-state index is 11.5. The van der Waals surface area contributed by atoms with Crippen LogP contribution >= 0.6 is 15.9 Å². The third kappa shape index (κ3) is 3.09. The van der Waals surface area contributed by atoms with E-state index >= 15 is 0 Å². The first-order valence-corrected chi connectivity index (χ1v) is 8.20. The van der Waals surface area contributed by atoms with E-state index in [4.69, 9.17) is 0 Å². The highest BCUT2D eigenvalue weighted by molar-refractivity contribution is 9.10. The van der Waals surface area contributed by atoms with Crippen molar-refractivity contribution < 1.29 is 13.5 Å². The van der Waals surface area contributed by atoms with E-state index in [0.717, 1.165) is 10.0 Å². The molecule has 0 spiro atoms. The fourth-order valence-electron chi connectivity index (χ4n) is 2.40. The minimum atomic E-state index is -2.89. The second-order valence-corrected chi connectivity index (χ2v) is 7.65. The highest BCUT2D eigenvalue weighted by Crippen LogP contribution is 2.33. The molecule has 0 aromatic heterocycles. The Balaban J connectivity index is 2.23. The van der Waals surface area contributed by atoms with E-state index in [1.54, 1.807) is 0 Å². The summed E-state index contributed by atoms with van der Waals surface area (Å²) in [6.07, 6.45) is 0.653. The van der Waals surface area contributed by atoms with Gasteiger partial charge in [-0.2, -0.15) is 0 Å². The van der Waals surface area contributed by atoms with Crippen LogP contribution in [0.4, 0.5) is 0 Å². The summed E-state index contributed by atoms with van der Waals surface area (Å²) >= 11 is 3.39. The van der Waals surface area contributed by atoms with Crippen LogP contribution in [-0.4, -0.2) is 31.6 Å². The number of aliphatic hydroxyl groups excluding tert-OH is 1. The van der Waals surface area contributed by atoms with Gasteiger partial charge >= 0.3 is 0 Å². The van der Waals surface area contributed by atoms with Crippen molar-refractivity contribution in [3.05, 3.63) is 34.3 Å². The first kappa shape index (κ1) is 13.1. The molecule has 0 radical (unpaired) electrons. The fraction of sp³-hybridized carbons (Fsp3) is 0.500. The highest BCUT2D eigenvalue weighted by Gasteiger charge is 2.34. The number of hydrogen-bond acceptors (Lipinski definition) is 3. The number of aliphatic hydroxyl groups is 1. The largest absolute Gasteiger partial charge is 0.396 e. The molecule has 2 rings (SSSR count). The predicted octanol–water partition coefficient (Wildman–Crippen LogP) is 1.96. The number of benzene rings is 1. The van der Waals surface area contributed by atoms with E-state index in [2.05, 4.69) is 15.9 Å². The summed E-state index contributed by atoms with van der Waals surface area (Å²) in [5, 5.41) is 9.49. The van der Waals surface area contributed by atoms with Crippen LogP contribution in [-0.2, 0) is 9.84 Å². The number of sulfone groups is 1. The summed E-state index contributed by atoms with van der Waals surface area (Å²) in [7, 11) is -2.89. The summed E-state index contributed by atoms with van der Waals surface area (Å²) in [6.45, 7) is -0.00333. The van der Waals surface area contributed by atoms with Crippen molar-refractivity contribution in [3.8, 4) is 0 Å². The molecule has 1 saturated heterocycles. The molecule has 0 amide bonds. The number of halogens is 1. The van der Waals surface area contributed by atoms with Crippen LogP contribution in [0.25, 0.3) is 0 Å². The van der Waals surface area contributed by atoms with Crippen LogP contribution in [0, 0.1) is 5.92 Å². The molecule has 17 heavy (non-hydrogen) atoms. The fourth-order valence-corrected chi connectivity index (χ4v) is 4.70. The Morgan fingerprint density at radius 1 is 1.47 bits per heavy atom. The maximum Gasteiger partial charge on any atom is 0.150 e. The van der Waals surface area contributed by atoms with Gasteiger partial charge in [0.1, 0.15) is 0 Å². The Kier molecular flexibility index (Phi) is 3.90. The average molecular weight is 319 g/mol. The number of hydrogen-bond donors (Lipinski definition) is 1. The van der Waals surface area contributed by atoms with Gasteiger partial charge in [0.2, 0.25) is 0 Å². The lowest BCUT2D eigenvalue weighted by molar-refractivity contribution is 0.233. The Bertz CT molecular complexity index is 498. The van der Waals surface area contributed by atoms with Gasteiger partial charge in [-0.15, -0.1) is 0 Å². The zero-order valence-electron chi connectivity index (χ0n) is 9.34. The van der Waals surface area contributed by atoms with Crippen LogP contribution in [0.15, 0.2) is 28.7 Å². The summed E-state index contributed by atoms with van der Waals surface area (Å²) in [5.74, 6) is 0.413. The summed E-state index contributed by atoms with van der Waals surface area (Å²) in [4.78, 5) is 0. The Hall–Kier alpha value is -0.390. The van der Waals surface area contributed by atoms with Crippen molar-refractivity contribution >= 4 is 25.8 Å². The molecule has 2 atom stereocenters. The first-order valence-electron chi connectivity index (χ1n) is 5.58. The van der Waals surface area contributed by atoms with Crippen molar-refractivity contribution in [2.75, 3.05) is 18.1 Å². The molecule has 1 aromatic carbocycles. The monoisotopic (exact) mass is 318 g/mol. The molecule has 5 heteroatoms. The van der Waals surface area contributed by atoms with Crippen molar-refractivity contribution in [1.82, 2.24) is 0 Å². The van der Waals surface area contributed by atoms with E-state index in [-0.39, 0.29) is 29.9 Å². The van der Waals surface area contributed by atoms with Crippen LogP contribution in [0.3, 0.4) is 0 Å². The van der Waals surface area contributed by atoms with Crippen LogP contribution < -0.4 is 0 Å². The first-order chi connectivity index (χ1) is 8.02. The standard InChI is InChI=1S/C12H15BrO3S/c13-11-3-1-2-9(6-11)12(7-14)10-4-5-17(15,16)8-10/h1-3,6,10,12,14H,4-5,7-8H2. The SMILES string of the molecule is O=S1(=O)CCC(C(CO)c2cccc(Br)c2)C1. The molecule has 1 N–H and O–H groups in total. The van der Waals surface area contributed by atoms with Gasteiger partial charge in [-0.3, -0.25) is 0 Å². The maximum absolute atomic E-state index is 11.5. The molecule has 0 saturated carbocycles. The third-order valence-corrected chi connectivity index (χ3v) is 5.60. The van der Waals surface area contributed by atoms with Crippen LogP contribution in [0.1, 0.15) is 17.9 Å². The molecule has 1 aromatic rings. The second-order valence-electron chi connectivity index (χ2n) is 4.51. The highest BCUT2D eigenvalue weighted by atomic mass is 79.9. The van der Waals surface area contributed by atoms with E-state index in [0.29, 0.717) is 6.42 Å². The number of rotatable bonds is 3. The van der Waals surface area contributed by atoms with Gasteiger partial charge in [0.25, 0.3) is 0 Å². The molecule has 1 heterocycles. The third-order valence-electron chi connectivity index (χ3n) is 3.31. The molecule has 1 aliphatic rings. The summed E-state index contributed by atoms with van der Waals surface area (Å²) < 4.78 is 23.9. The van der Waals surface area contributed by atoms with Crippen molar-refractivity contribution in [2.24, 2.45) is 5.92 Å². The minimum absolute atomic E-state index is 0.00333. The Morgan fingerprint density at radius 2 is 2.24 bits per heavy atom. The molecule has 94 valence electrons. The van der Waals surface area contributed by atoms with E-state index < -0.39 is 9.84 Å². The Labute approximate surface area is 110 Å². The molecule has 3 nitrogen and oxygen atoms in total. The van der Waals surface area contributed by atoms with Crippen LogP contribution in [0.2, 0.25) is 0 Å². The lowest BCUT2D eigenvalue weighted by atomic mass is 9.86. The summed E-state index contributed by atoms with van der Waals surface area (Å²) in [6, 6.07) is 7.72. The van der Waals surface area contributed by atoms with Crippen molar-refractivity contribution in [3.63, 3.8) is 0 Å². The second kappa shape index (κ2) is 5.08. The zero-order valence-corrected chi connectivity index (χ0v) is 11.7. The molecule has 1 fully saturated rings. The molecule has 2 unspecified atom stereocenters. The van der Waals surface area contributed by atoms with Crippen molar-refractivity contribution in [1.29, 1.82) is 0 Å². The summed E-state index contributed by atoms with van der Waals surface area (Å²) in [5.41, 5.74) is 1.00. The molecule has 0 aliphatic carbocycles. The zero-order chi connectivity index (χ0) is 12.5. The van der Waals surface area contributed by atoms with Gasteiger partial charge in [0.15, 0.2) is 9.84 Å². The molecule has 0 bridgehead atoms. The van der Waals surface area contributed by atoms with Gasteiger partial charge < -0.3 is 5.11 Å². The van der Waals surface area contributed by atoms with E-state index in [1.165, 1.54) is 0 Å². The minimum Gasteiger partial charge on any atom is -0.396 e. The normalized spacial score (nSPS) is 24.7. The Morgan fingerprint density at radius 3 is 2.76 bits per heavy atom. The van der Waals surface area contributed by atoms with Gasteiger partial charge in [-0.05, 0) is 30.0 Å². The molecule has 1 aliphatic heterocycles. The van der Waals surface area contributed by atoms with Crippen molar-refractivity contribution in [2.45, 2.75) is 12.3 Å². The van der Waals surface area contributed by atoms with E-state index in [9.17, 15) is 13.5 Å². The van der Waals surface area contributed by atoms with E-state index in [1.807, 2.05) is 24.3 Å². The van der Waals surface area contributed by atoms with Gasteiger partial charge in [0.05, 0.1) is 18.1 Å². The van der Waals surface area contributed by atoms with Gasteiger partial charge in [0, 0.05) is 10.4 Å².